The van der Waals surface area contributed by atoms with Gasteiger partial charge in [-0.15, -0.1) is 0 Å². The minimum Gasteiger partial charge on any atom is -0.370 e. The average molecular weight is 445 g/mol. The number of imidazole rings is 1. The van der Waals surface area contributed by atoms with Crippen LogP contribution >= 0.6 is 0 Å². The number of aromatic nitrogens is 5. The third kappa shape index (κ3) is 4.06. The highest BCUT2D eigenvalue weighted by molar-refractivity contribution is 5.28. The second kappa shape index (κ2) is 8.37. The van der Waals surface area contributed by atoms with Gasteiger partial charge in [-0.2, -0.15) is 5.10 Å². The highest BCUT2D eigenvalue weighted by Crippen LogP contribution is 2.37. The second-order valence-electron chi connectivity index (χ2n) is 9.44. The Morgan fingerprint density at radius 3 is 2.59 bits per heavy atom. The third-order valence-corrected chi connectivity index (χ3v) is 6.44. The van der Waals surface area contributed by atoms with Crippen LogP contribution in [0, 0.1) is 11.6 Å². The number of rotatable bonds is 6. The van der Waals surface area contributed by atoms with Gasteiger partial charge in [0.25, 0.3) is 0 Å². The van der Waals surface area contributed by atoms with Gasteiger partial charge in [-0.3, -0.25) is 4.90 Å². The van der Waals surface area contributed by atoms with Crippen molar-refractivity contribution in [3.8, 4) is 0 Å². The van der Waals surface area contributed by atoms with Crippen LogP contribution in [0.3, 0.4) is 0 Å². The molecule has 9 heteroatoms. The minimum atomic E-state index is -1.12. The van der Waals surface area contributed by atoms with Gasteiger partial charge in [0.05, 0.1) is 18.8 Å². The summed E-state index contributed by atoms with van der Waals surface area (Å²) in [5.74, 6) is -0.301. The van der Waals surface area contributed by atoms with E-state index in [4.69, 9.17) is 9.72 Å². The van der Waals surface area contributed by atoms with Crippen molar-refractivity contribution >= 4 is 0 Å². The van der Waals surface area contributed by atoms with Crippen molar-refractivity contribution in [1.29, 1.82) is 0 Å². The Bertz CT molecular complexity index is 1070. The molecule has 1 aromatic carbocycles. The smallest absolute Gasteiger partial charge is 0.137 e. The van der Waals surface area contributed by atoms with E-state index in [1.807, 2.05) is 6.92 Å². The number of methoxy groups -OCH3 is 1. The molecule has 0 saturated heterocycles. The van der Waals surface area contributed by atoms with Crippen molar-refractivity contribution in [2.45, 2.75) is 64.4 Å². The molecule has 1 aliphatic heterocycles. The van der Waals surface area contributed by atoms with Crippen LogP contribution in [-0.2, 0) is 35.4 Å². The molecule has 7 nitrogen and oxygen atoms in total. The lowest BCUT2D eigenvalue weighted by molar-refractivity contribution is -0.100. The lowest BCUT2D eigenvalue weighted by atomic mass is 9.84. The quantitative estimate of drug-likeness (QED) is 0.583. The number of halogens is 2. The van der Waals surface area contributed by atoms with Crippen molar-refractivity contribution in [2.24, 2.45) is 0 Å². The Labute approximate surface area is 187 Å². The molecule has 0 amide bonds. The molecule has 0 N–H and O–H groups in total. The van der Waals surface area contributed by atoms with Gasteiger partial charge in [-0.25, -0.2) is 23.4 Å². The summed E-state index contributed by atoms with van der Waals surface area (Å²) in [5, 5.41) is 4.21. The van der Waals surface area contributed by atoms with Crippen LogP contribution in [0.2, 0.25) is 0 Å². The van der Waals surface area contributed by atoms with Crippen LogP contribution in [0.5, 0.6) is 0 Å². The van der Waals surface area contributed by atoms with E-state index < -0.39 is 17.2 Å². The fraction of sp³-hybridized carbons (Fsp3) is 0.522. The van der Waals surface area contributed by atoms with Gasteiger partial charge >= 0.3 is 0 Å². The molecule has 0 spiro atoms. The number of benzene rings is 1. The summed E-state index contributed by atoms with van der Waals surface area (Å²) in [7, 11) is 1.55. The monoisotopic (exact) mass is 444 g/mol. The van der Waals surface area contributed by atoms with Gasteiger partial charge in [0.2, 0.25) is 0 Å². The van der Waals surface area contributed by atoms with Gasteiger partial charge in [-0.1, -0.05) is 26.8 Å². The number of nitrogens with zero attached hydrogens (tertiary/aromatic N) is 6. The van der Waals surface area contributed by atoms with E-state index in [2.05, 4.69) is 46.5 Å². The maximum Gasteiger partial charge on any atom is 0.137 e. The molecule has 0 saturated carbocycles. The maximum absolute atomic E-state index is 15.1. The predicted octanol–water partition coefficient (Wildman–Crippen LogP) is 3.50. The Kier molecular flexibility index (Phi) is 5.89. The number of ether oxygens (including phenoxy) is 1. The molecule has 1 unspecified atom stereocenters. The molecule has 0 bridgehead atoms. The SMILES string of the molecule is COC(Cn1cncn1)(c1ccc(F)cc1F)[C@@H](C)N1CCn2cc(C(C)(C)C)nc2C1. The molecule has 172 valence electrons. The van der Waals surface area contributed by atoms with E-state index in [0.29, 0.717) is 6.54 Å². The molecule has 0 aliphatic carbocycles. The first kappa shape index (κ1) is 22.5. The van der Waals surface area contributed by atoms with E-state index in [0.717, 1.165) is 30.7 Å². The zero-order valence-corrected chi connectivity index (χ0v) is 19.2. The maximum atomic E-state index is 15.1. The zero-order chi connectivity index (χ0) is 23.1. The average Bonchev–Trinajstić information content (AvgIpc) is 3.40. The molecule has 0 radical (unpaired) electrons. The highest BCUT2D eigenvalue weighted by atomic mass is 19.1. The van der Waals surface area contributed by atoms with Gasteiger partial charge in [0, 0.05) is 49.5 Å². The van der Waals surface area contributed by atoms with Crippen molar-refractivity contribution in [2.75, 3.05) is 13.7 Å². The Hall–Kier alpha value is -2.65. The Balaban J connectivity index is 1.72. The van der Waals surface area contributed by atoms with E-state index >= 15 is 4.39 Å². The summed E-state index contributed by atoms with van der Waals surface area (Å²) in [5.41, 5.74) is 0.176. The van der Waals surface area contributed by atoms with Gasteiger partial charge in [-0.05, 0) is 13.0 Å². The van der Waals surface area contributed by atoms with E-state index in [9.17, 15) is 4.39 Å². The number of hydrogen-bond donors (Lipinski definition) is 0. The van der Waals surface area contributed by atoms with Crippen LogP contribution in [-0.4, -0.2) is 48.9 Å². The highest BCUT2D eigenvalue weighted by Gasteiger charge is 2.45. The van der Waals surface area contributed by atoms with Gasteiger partial charge < -0.3 is 9.30 Å². The molecule has 2 aromatic heterocycles. The van der Waals surface area contributed by atoms with Crippen LogP contribution in [0.15, 0.2) is 37.1 Å². The van der Waals surface area contributed by atoms with Crippen molar-refractivity contribution in [1.82, 2.24) is 29.2 Å². The summed E-state index contributed by atoms with van der Waals surface area (Å²) in [6, 6.07) is 3.36. The molecule has 2 atom stereocenters. The first-order valence-electron chi connectivity index (χ1n) is 10.8. The fourth-order valence-electron chi connectivity index (χ4n) is 4.43. The molecule has 4 rings (SSSR count). The summed E-state index contributed by atoms with van der Waals surface area (Å²) in [6.45, 7) is 10.8. The standard InChI is InChI=1S/C23H30F2N6O/c1-16(29-8-9-30-11-20(22(2,3)4)28-21(30)12-29)23(32-5,13-31-15-26-14-27-31)18-7-6-17(24)10-19(18)25/h6-7,10-11,14-16H,8-9,12-13H2,1-5H3/t16-,23?/m1/s1. The lowest BCUT2D eigenvalue weighted by Crippen LogP contribution is -2.54. The molecule has 0 fully saturated rings. The second-order valence-corrected chi connectivity index (χ2v) is 9.44. The largest absolute Gasteiger partial charge is 0.370 e. The summed E-state index contributed by atoms with van der Waals surface area (Å²) >= 11 is 0. The molecular weight excluding hydrogens is 414 g/mol. The Morgan fingerprint density at radius 1 is 1.19 bits per heavy atom. The lowest BCUT2D eigenvalue weighted by Gasteiger charge is -2.45. The third-order valence-electron chi connectivity index (χ3n) is 6.44. The fourth-order valence-corrected chi connectivity index (χ4v) is 4.43. The van der Waals surface area contributed by atoms with Gasteiger partial charge in [0.15, 0.2) is 0 Å². The summed E-state index contributed by atoms with van der Waals surface area (Å²) in [4.78, 5) is 11.1. The van der Waals surface area contributed by atoms with Crippen LogP contribution in [0.1, 0.15) is 44.8 Å². The topological polar surface area (TPSA) is 61.0 Å². The molecule has 3 aromatic rings. The Morgan fingerprint density at radius 2 is 1.97 bits per heavy atom. The van der Waals surface area contributed by atoms with E-state index in [-0.39, 0.29) is 23.6 Å². The van der Waals surface area contributed by atoms with Crippen molar-refractivity contribution in [3.05, 3.63) is 65.8 Å². The van der Waals surface area contributed by atoms with Crippen molar-refractivity contribution < 1.29 is 13.5 Å². The number of fused-ring (bicyclic) bond motifs is 1. The van der Waals surface area contributed by atoms with Crippen LogP contribution < -0.4 is 0 Å². The first-order valence-corrected chi connectivity index (χ1v) is 10.8. The molecule has 32 heavy (non-hydrogen) atoms. The van der Waals surface area contributed by atoms with E-state index in [1.54, 1.807) is 18.1 Å². The van der Waals surface area contributed by atoms with Gasteiger partial charge in [0.1, 0.15) is 35.7 Å². The minimum absolute atomic E-state index is 0.0403. The summed E-state index contributed by atoms with van der Waals surface area (Å²) in [6.07, 6.45) is 5.12. The summed E-state index contributed by atoms with van der Waals surface area (Å²) < 4.78 is 38.6. The van der Waals surface area contributed by atoms with Crippen LogP contribution in [0.25, 0.3) is 0 Å². The molecule has 1 aliphatic rings. The normalized spacial score (nSPS) is 17.7. The number of hydrogen-bond acceptors (Lipinski definition) is 5. The molecule has 3 heterocycles. The first-order chi connectivity index (χ1) is 15.1. The zero-order valence-electron chi connectivity index (χ0n) is 19.2. The molecular formula is C23H30F2N6O. The van der Waals surface area contributed by atoms with Crippen LogP contribution in [0.4, 0.5) is 8.78 Å². The van der Waals surface area contributed by atoms with Crippen molar-refractivity contribution in [3.63, 3.8) is 0 Å². The predicted molar refractivity (Wildman–Crippen MR) is 116 cm³/mol. The van der Waals surface area contributed by atoms with E-state index in [1.165, 1.54) is 18.5 Å².